The van der Waals surface area contributed by atoms with Gasteiger partial charge in [0.05, 0.1) is 12.4 Å². The number of hydrogen-bond acceptors (Lipinski definition) is 5. The van der Waals surface area contributed by atoms with Crippen molar-refractivity contribution in [2.24, 2.45) is 7.05 Å². The first-order chi connectivity index (χ1) is 6.72. The van der Waals surface area contributed by atoms with E-state index in [2.05, 4.69) is 20.3 Å². The summed E-state index contributed by atoms with van der Waals surface area (Å²) >= 11 is 0. The lowest BCUT2D eigenvalue weighted by Crippen LogP contribution is -2.18. The third-order valence-electron chi connectivity index (χ3n) is 1.94. The zero-order chi connectivity index (χ0) is 10.1. The minimum absolute atomic E-state index is 0.182. The molecule has 2 aromatic heterocycles. The Labute approximate surface area is 79.6 Å². The van der Waals surface area contributed by atoms with Gasteiger partial charge in [-0.15, -0.1) is 0 Å². The van der Waals surface area contributed by atoms with E-state index in [0.29, 0.717) is 17.1 Å². The van der Waals surface area contributed by atoms with Gasteiger partial charge >= 0.3 is 0 Å². The van der Waals surface area contributed by atoms with Gasteiger partial charge in [0.2, 0.25) is 5.95 Å². The predicted octanol–water partition coefficient (Wildman–Crippen LogP) is -0.235. The summed E-state index contributed by atoms with van der Waals surface area (Å²) < 4.78 is 1.44. The number of aromatic nitrogens is 4. The Balaban J connectivity index is 2.84. The molecule has 0 aromatic carbocycles. The molecule has 0 aliphatic carbocycles. The van der Waals surface area contributed by atoms with E-state index in [1.807, 2.05) is 0 Å². The van der Waals surface area contributed by atoms with Gasteiger partial charge in [0.15, 0.2) is 5.65 Å². The van der Waals surface area contributed by atoms with Crippen LogP contribution in [0.2, 0.25) is 0 Å². The summed E-state index contributed by atoms with van der Waals surface area (Å²) in [6.07, 6.45) is 2.83. The number of anilines is 1. The lowest BCUT2D eigenvalue weighted by atomic mass is 10.5. The van der Waals surface area contributed by atoms with Gasteiger partial charge in [-0.3, -0.25) is 9.36 Å². The van der Waals surface area contributed by atoms with Gasteiger partial charge < -0.3 is 5.32 Å². The molecule has 0 bridgehead atoms. The third-order valence-corrected chi connectivity index (χ3v) is 1.94. The van der Waals surface area contributed by atoms with E-state index in [1.54, 1.807) is 20.3 Å². The monoisotopic (exact) mass is 191 g/mol. The van der Waals surface area contributed by atoms with Crippen LogP contribution in [0.25, 0.3) is 11.2 Å². The van der Waals surface area contributed by atoms with Crippen LogP contribution in [-0.2, 0) is 7.05 Å². The van der Waals surface area contributed by atoms with E-state index in [1.165, 1.54) is 10.8 Å². The topological polar surface area (TPSA) is 72.7 Å². The second-order valence-corrected chi connectivity index (χ2v) is 2.81. The molecule has 6 nitrogen and oxygen atoms in total. The second-order valence-electron chi connectivity index (χ2n) is 2.81. The van der Waals surface area contributed by atoms with Crippen LogP contribution in [0.3, 0.4) is 0 Å². The fourth-order valence-electron chi connectivity index (χ4n) is 1.14. The SMILES string of the molecule is CNc1ncc2ncc(=O)n(C)c2n1. The van der Waals surface area contributed by atoms with Gasteiger partial charge in [0.25, 0.3) is 5.56 Å². The summed E-state index contributed by atoms with van der Waals surface area (Å²) in [4.78, 5) is 23.3. The molecule has 0 fully saturated rings. The molecule has 0 amide bonds. The third kappa shape index (κ3) is 1.20. The maximum Gasteiger partial charge on any atom is 0.270 e. The van der Waals surface area contributed by atoms with E-state index < -0.39 is 0 Å². The summed E-state index contributed by atoms with van der Waals surface area (Å²) in [5.74, 6) is 0.473. The van der Waals surface area contributed by atoms with E-state index in [9.17, 15) is 4.79 Å². The molecular weight excluding hydrogens is 182 g/mol. The Morgan fingerprint density at radius 1 is 1.36 bits per heavy atom. The molecular formula is C8H9N5O. The molecule has 2 heterocycles. The van der Waals surface area contributed by atoms with Crippen molar-refractivity contribution in [3.8, 4) is 0 Å². The van der Waals surface area contributed by atoms with Gasteiger partial charge in [-0.2, -0.15) is 4.98 Å². The quantitative estimate of drug-likeness (QED) is 0.673. The molecule has 0 saturated heterocycles. The minimum Gasteiger partial charge on any atom is -0.357 e. The molecule has 14 heavy (non-hydrogen) atoms. The van der Waals surface area contributed by atoms with Crippen LogP contribution >= 0.6 is 0 Å². The van der Waals surface area contributed by atoms with Gasteiger partial charge in [-0.1, -0.05) is 0 Å². The van der Waals surface area contributed by atoms with Gasteiger partial charge in [0.1, 0.15) is 5.52 Å². The summed E-state index contributed by atoms with van der Waals surface area (Å²) in [6.45, 7) is 0. The Morgan fingerprint density at radius 2 is 2.14 bits per heavy atom. The molecule has 72 valence electrons. The normalized spacial score (nSPS) is 10.4. The van der Waals surface area contributed by atoms with Crippen molar-refractivity contribution >= 4 is 17.1 Å². The highest BCUT2D eigenvalue weighted by Gasteiger charge is 2.03. The van der Waals surface area contributed by atoms with Crippen LogP contribution in [0.4, 0.5) is 5.95 Å². The molecule has 6 heteroatoms. The zero-order valence-electron chi connectivity index (χ0n) is 7.85. The van der Waals surface area contributed by atoms with Crippen LogP contribution in [-0.4, -0.2) is 26.6 Å². The van der Waals surface area contributed by atoms with Crippen LogP contribution in [0, 0.1) is 0 Å². The van der Waals surface area contributed by atoms with E-state index in [-0.39, 0.29) is 5.56 Å². The van der Waals surface area contributed by atoms with Crippen molar-refractivity contribution in [1.82, 2.24) is 19.5 Å². The van der Waals surface area contributed by atoms with Gasteiger partial charge in [-0.25, -0.2) is 9.97 Å². The summed E-state index contributed by atoms with van der Waals surface area (Å²) in [5.41, 5.74) is 0.946. The number of fused-ring (bicyclic) bond motifs is 1. The minimum atomic E-state index is -0.182. The maximum absolute atomic E-state index is 11.3. The number of rotatable bonds is 1. The van der Waals surface area contributed by atoms with Crippen molar-refractivity contribution in [2.75, 3.05) is 12.4 Å². The molecule has 0 saturated carbocycles. The van der Waals surface area contributed by atoms with Gasteiger partial charge in [-0.05, 0) is 0 Å². The van der Waals surface area contributed by atoms with Crippen molar-refractivity contribution < 1.29 is 0 Å². The fraction of sp³-hybridized carbons (Fsp3) is 0.250. The van der Waals surface area contributed by atoms with Crippen LogP contribution < -0.4 is 10.9 Å². The Bertz CT molecular complexity index is 533. The lowest BCUT2D eigenvalue weighted by Gasteiger charge is -2.03. The van der Waals surface area contributed by atoms with E-state index >= 15 is 0 Å². The van der Waals surface area contributed by atoms with Crippen LogP contribution in [0.1, 0.15) is 0 Å². The molecule has 0 unspecified atom stereocenters. The summed E-state index contributed by atoms with van der Waals surface area (Å²) in [5, 5.41) is 2.80. The molecule has 2 rings (SSSR count). The highest BCUT2D eigenvalue weighted by molar-refractivity contribution is 5.69. The largest absolute Gasteiger partial charge is 0.357 e. The van der Waals surface area contributed by atoms with E-state index in [0.717, 1.165) is 0 Å². The average molecular weight is 191 g/mol. The van der Waals surface area contributed by atoms with Crippen molar-refractivity contribution in [1.29, 1.82) is 0 Å². The highest BCUT2D eigenvalue weighted by atomic mass is 16.1. The second kappa shape index (κ2) is 3.06. The first-order valence-electron chi connectivity index (χ1n) is 4.09. The predicted molar refractivity (Wildman–Crippen MR) is 52.1 cm³/mol. The van der Waals surface area contributed by atoms with E-state index in [4.69, 9.17) is 0 Å². The number of nitrogens with zero attached hydrogens (tertiary/aromatic N) is 4. The van der Waals surface area contributed by atoms with Crippen LogP contribution in [0.5, 0.6) is 0 Å². The van der Waals surface area contributed by atoms with Crippen molar-refractivity contribution in [2.45, 2.75) is 0 Å². The summed E-state index contributed by atoms with van der Waals surface area (Å²) in [6, 6.07) is 0. The highest BCUT2D eigenvalue weighted by Crippen LogP contribution is 2.05. The molecule has 1 N–H and O–H groups in total. The lowest BCUT2D eigenvalue weighted by molar-refractivity contribution is 0.869. The maximum atomic E-state index is 11.3. The van der Waals surface area contributed by atoms with Crippen molar-refractivity contribution in [3.05, 3.63) is 22.7 Å². The first-order valence-corrected chi connectivity index (χ1v) is 4.09. The number of hydrogen-bond donors (Lipinski definition) is 1. The first kappa shape index (κ1) is 8.61. The molecule has 0 spiro atoms. The molecule has 0 aliphatic rings. The fourth-order valence-corrected chi connectivity index (χ4v) is 1.14. The Kier molecular flexibility index (Phi) is 1.88. The van der Waals surface area contributed by atoms with Gasteiger partial charge in [0, 0.05) is 14.1 Å². The molecule has 0 atom stereocenters. The molecule has 0 radical (unpaired) electrons. The molecule has 0 aliphatic heterocycles. The zero-order valence-corrected chi connectivity index (χ0v) is 7.85. The Hall–Kier alpha value is -1.98. The number of aryl methyl sites for hydroxylation is 1. The summed E-state index contributed by atoms with van der Waals surface area (Å²) in [7, 11) is 3.37. The average Bonchev–Trinajstić information content (AvgIpc) is 2.23. The molecule has 2 aromatic rings. The Morgan fingerprint density at radius 3 is 2.86 bits per heavy atom. The standard InChI is InChI=1S/C8H9N5O/c1-9-8-11-3-5-7(12-8)13(2)6(14)4-10-5/h3-4H,1-2H3,(H,9,11,12). The number of nitrogens with one attached hydrogen (secondary N) is 1. The van der Waals surface area contributed by atoms with Crippen molar-refractivity contribution in [3.63, 3.8) is 0 Å². The smallest absolute Gasteiger partial charge is 0.270 e. The van der Waals surface area contributed by atoms with Crippen LogP contribution in [0.15, 0.2) is 17.2 Å².